The number of nitrogens with one attached hydrogen (secondary N) is 1. The largest absolute Gasteiger partial charge is 0.493 e. The Balaban J connectivity index is 0.00000192. The molecule has 0 radical (unpaired) electrons. The van der Waals surface area contributed by atoms with E-state index < -0.39 is 6.61 Å². The van der Waals surface area contributed by atoms with Crippen LogP contribution in [0.25, 0.3) is 0 Å². The fraction of sp³-hybridized carbons (Fsp3) is 0.625. The summed E-state index contributed by atoms with van der Waals surface area (Å²) in [7, 11) is 1.47. The molecule has 2 aliphatic heterocycles. The molecule has 0 saturated carbocycles. The van der Waals surface area contributed by atoms with Gasteiger partial charge in [-0.1, -0.05) is 6.07 Å². The maximum absolute atomic E-state index is 12.3. The van der Waals surface area contributed by atoms with E-state index in [4.69, 9.17) is 4.74 Å². The number of fused-ring (bicyclic) bond motifs is 1. The molecule has 2 atom stereocenters. The maximum atomic E-state index is 12.3. The van der Waals surface area contributed by atoms with Crippen molar-refractivity contribution in [3.05, 3.63) is 23.8 Å². The number of hydrogen-bond acceptors (Lipinski definition) is 4. The maximum Gasteiger partial charge on any atom is 0.387 e. The van der Waals surface area contributed by atoms with Gasteiger partial charge in [-0.15, -0.1) is 12.4 Å². The van der Waals surface area contributed by atoms with Crippen molar-refractivity contribution < 1.29 is 18.3 Å². The number of alkyl halides is 2. The van der Waals surface area contributed by atoms with Crippen LogP contribution in [0.15, 0.2) is 18.2 Å². The first-order valence-electron chi connectivity index (χ1n) is 7.70. The SMILES string of the molecule is COc1cc(CN2CCC3CNCC3C2)ccc1OC(F)F.Cl. The van der Waals surface area contributed by atoms with Gasteiger partial charge >= 0.3 is 6.61 Å². The highest BCUT2D eigenvalue weighted by molar-refractivity contribution is 5.85. The zero-order chi connectivity index (χ0) is 15.5. The number of halogens is 3. The highest BCUT2D eigenvalue weighted by Gasteiger charge is 2.32. The molecule has 2 unspecified atom stereocenters. The second kappa shape index (κ2) is 8.13. The van der Waals surface area contributed by atoms with E-state index >= 15 is 0 Å². The third-order valence-corrected chi connectivity index (χ3v) is 4.64. The summed E-state index contributed by atoms with van der Waals surface area (Å²) < 4.78 is 34.3. The smallest absolute Gasteiger partial charge is 0.387 e. The van der Waals surface area contributed by atoms with Gasteiger partial charge in [0, 0.05) is 13.1 Å². The van der Waals surface area contributed by atoms with E-state index in [0.717, 1.165) is 50.1 Å². The van der Waals surface area contributed by atoms with Crippen LogP contribution in [0.2, 0.25) is 0 Å². The number of hydrogen-bond donors (Lipinski definition) is 1. The highest BCUT2D eigenvalue weighted by atomic mass is 35.5. The molecule has 0 spiro atoms. The molecule has 2 fully saturated rings. The van der Waals surface area contributed by atoms with Gasteiger partial charge < -0.3 is 14.8 Å². The molecule has 2 heterocycles. The van der Waals surface area contributed by atoms with Gasteiger partial charge in [-0.3, -0.25) is 4.90 Å². The Labute approximate surface area is 141 Å². The first-order chi connectivity index (χ1) is 10.7. The van der Waals surface area contributed by atoms with E-state index in [1.54, 1.807) is 12.1 Å². The molecule has 0 amide bonds. The first-order valence-corrected chi connectivity index (χ1v) is 7.70. The topological polar surface area (TPSA) is 33.7 Å². The number of benzene rings is 1. The van der Waals surface area contributed by atoms with E-state index in [2.05, 4.69) is 15.0 Å². The van der Waals surface area contributed by atoms with Crippen molar-refractivity contribution in [1.29, 1.82) is 0 Å². The molecule has 2 saturated heterocycles. The van der Waals surface area contributed by atoms with Crippen LogP contribution < -0.4 is 14.8 Å². The summed E-state index contributed by atoms with van der Waals surface area (Å²) in [5, 5.41) is 3.46. The van der Waals surface area contributed by atoms with Crippen LogP contribution in [0.4, 0.5) is 8.78 Å². The number of piperidine rings is 1. The fourth-order valence-corrected chi connectivity index (χ4v) is 3.52. The van der Waals surface area contributed by atoms with Crippen molar-refractivity contribution in [2.45, 2.75) is 19.6 Å². The second-order valence-electron chi connectivity index (χ2n) is 6.07. The summed E-state index contributed by atoms with van der Waals surface area (Å²) in [5.74, 6) is 1.99. The number of ether oxygens (including phenoxy) is 2. The van der Waals surface area contributed by atoms with E-state index in [9.17, 15) is 8.78 Å². The number of nitrogens with zero attached hydrogens (tertiary/aromatic N) is 1. The van der Waals surface area contributed by atoms with Crippen LogP contribution in [0.3, 0.4) is 0 Å². The van der Waals surface area contributed by atoms with Crippen molar-refractivity contribution in [2.24, 2.45) is 11.8 Å². The molecular weight excluding hydrogens is 326 g/mol. The summed E-state index contributed by atoms with van der Waals surface area (Å²) in [6.07, 6.45) is 1.22. The van der Waals surface area contributed by atoms with Crippen LogP contribution in [0, 0.1) is 11.8 Å². The average molecular weight is 349 g/mol. The lowest BCUT2D eigenvalue weighted by Gasteiger charge is -2.34. The Morgan fingerprint density at radius 2 is 2.04 bits per heavy atom. The molecule has 0 aliphatic carbocycles. The molecule has 7 heteroatoms. The molecule has 1 aromatic carbocycles. The quantitative estimate of drug-likeness (QED) is 0.887. The van der Waals surface area contributed by atoms with Gasteiger partial charge in [-0.25, -0.2) is 0 Å². The van der Waals surface area contributed by atoms with Crippen LogP contribution in [-0.2, 0) is 6.54 Å². The lowest BCUT2D eigenvalue weighted by Crippen LogP contribution is -2.39. The van der Waals surface area contributed by atoms with Crippen LogP contribution in [-0.4, -0.2) is 44.8 Å². The van der Waals surface area contributed by atoms with Crippen molar-refractivity contribution in [3.63, 3.8) is 0 Å². The van der Waals surface area contributed by atoms with Gasteiger partial charge in [-0.2, -0.15) is 8.78 Å². The Hall–Kier alpha value is -1.11. The van der Waals surface area contributed by atoms with Gasteiger partial charge in [0.25, 0.3) is 0 Å². The third kappa shape index (κ3) is 4.46. The van der Waals surface area contributed by atoms with E-state index in [1.165, 1.54) is 13.5 Å². The molecule has 0 bridgehead atoms. The first kappa shape index (κ1) is 18.2. The molecule has 3 rings (SSSR count). The lowest BCUT2D eigenvalue weighted by molar-refractivity contribution is -0.0512. The summed E-state index contributed by atoms with van der Waals surface area (Å²) >= 11 is 0. The zero-order valence-corrected chi connectivity index (χ0v) is 14.0. The summed E-state index contributed by atoms with van der Waals surface area (Å²) in [6, 6.07) is 5.18. The predicted octanol–water partition coefficient (Wildman–Crippen LogP) is 2.76. The fourth-order valence-electron chi connectivity index (χ4n) is 3.52. The second-order valence-corrected chi connectivity index (χ2v) is 6.07. The van der Waals surface area contributed by atoms with E-state index in [0.29, 0.717) is 5.75 Å². The lowest BCUT2D eigenvalue weighted by atomic mass is 9.88. The van der Waals surface area contributed by atoms with E-state index in [-0.39, 0.29) is 18.2 Å². The summed E-state index contributed by atoms with van der Waals surface area (Å²) in [4.78, 5) is 2.43. The summed E-state index contributed by atoms with van der Waals surface area (Å²) in [6.45, 7) is 2.40. The minimum absolute atomic E-state index is 0. The molecule has 1 N–H and O–H groups in total. The van der Waals surface area contributed by atoms with Gasteiger partial charge in [-0.05, 0) is 55.6 Å². The molecule has 4 nitrogen and oxygen atoms in total. The number of rotatable bonds is 5. The van der Waals surface area contributed by atoms with Crippen LogP contribution in [0.5, 0.6) is 11.5 Å². The van der Waals surface area contributed by atoms with Gasteiger partial charge in [0.2, 0.25) is 0 Å². The average Bonchev–Trinajstić information content (AvgIpc) is 2.96. The van der Waals surface area contributed by atoms with Crippen LogP contribution in [0.1, 0.15) is 12.0 Å². The third-order valence-electron chi connectivity index (χ3n) is 4.64. The van der Waals surface area contributed by atoms with Gasteiger partial charge in [0.05, 0.1) is 7.11 Å². The van der Waals surface area contributed by atoms with Gasteiger partial charge in [0.15, 0.2) is 11.5 Å². The molecule has 0 aromatic heterocycles. The normalized spacial score (nSPS) is 24.2. The van der Waals surface area contributed by atoms with Crippen molar-refractivity contribution >= 4 is 12.4 Å². The molecular formula is C16H23ClF2N2O2. The molecule has 2 aliphatic rings. The Bertz CT molecular complexity index is 519. The Kier molecular flexibility index (Phi) is 6.44. The van der Waals surface area contributed by atoms with Crippen molar-refractivity contribution in [1.82, 2.24) is 10.2 Å². The monoisotopic (exact) mass is 348 g/mol. The molecule has 23 heavy (non-hydrogen) atoms. The van der Waals surface area contributed by atoms with E-state index in [1.807, 2.05) is 6.07 Å². The Morgan fingerprint density at radius 1 is 1.26 bits per heavy atom. The van der Waals surface area contributed by atoms with Crippen LogP contribution >= 0.6 is 12.4 Å². The highest BCUT2D eigenvalue weighted by Crippen LogP contribution is 2.31. The minimum Gasteiger partial charge on any atom is -0.493 e. The molecule has 1 aromatic rings. The van der Waals surface area contributed by atoms with Gasteiger partial charge in [0.1, 0.15) is 0 Å². The molecule has 130 valence electrons. The predicted molar refractivity (Wildman–Crippen MR) is 86.6 cm³/mol. The summed E-state index contributed by atoms with van der Waals surface area (Å²) in [5.41, 5.74) is 1.06. The number of likely N-dealkylation sites (tertiary alicyclic amines) is 1. The zero-order valence-electron chi connectivity index (χ0n) is 13.1. The standard InChI is InChI=1S/C16H22F2N2O2.ClH/c1-21-15-6-11(2-3-14(15)22-16(17)18)9-20-5-4-12-7-19-8-13(12)10-20;/h2-3,6,12-13,16,19H,4-5,7-10H2,1H3;1H. The minimum atomic E-state index is -2.84. The van der Waals surface area contributed by atoms with Crippen molar-refractivity contribution in [2.75, 3.05) is 33.3 Å². The Morgan fingerprint density at radius 3 is 2.78 bits per heavy atom. The van der Waals surface area contributed by atoms with Crippen molar-refractivity contribution in [3.8, 4) is 11.5 Å². The number of methoxy groups -OCH3 is 1.